The number of rotatable bonds is 5. The Labute approximate surface area is 138 Å². The van der Waals surface area contributed by atoms with Gasteiger partial charge in [0.25, 0.3) is 0 Å². The maximum atomic E-state index is 12.1. The number of esters is 1. The molecule has 0 aliphatic carbocycles. The lowest BCUT2D eigenvalue weighted by Gasteiger charge is -2.28. The summed E-state index contributed by atoms with van der Waals surface area (Å²) in [6.45, 7) is 1.97. The van der Waals surface area contributed by atoms with Crippen molar-refractivity contribution in [1.29, 1.82) is 0 Å². The van der Waals surface area contributed by atoms with Gasteiger partial charge in [0.2, 0.25) is 11.5 Å². The summed E-state index contributed by atoms with van der Waals surface area (Å²) in [5, 5.41) is 13.7. The molecule has 1 N–H and O–H groups in total. The summed E-state index contributed by atoms with van der Waals surface area (Å²) in [6.07, 6.45) is 1.85. The molecule has 1 atom stereocenters. The van der Waals surface area contributed by atoms with Crippen LogP contribution in [0.5, 0.6) is 5.75 Å². The van der Waals surface area contributed by atoms with Crippen molar-refractivity contribution in [2.45, 2.75) is 25.6 Å². The number of para-hydroxylation sites is 1. The number of hydrogen-bond donors (Lipinski definition) is 1. The van der Waals surface area contributed by atoms with Crippen molar-refractivity contribution in [3.05, 3.63) is 47.3 Å². The van der Waals surface area contributed by atoms with Gasteiger partial charge in [0.05, 0.1) is 12.8 Å². The van der Waals surface area contributed by atoms with E-state index in [1.54, 1.807) is 25.1 Å². The summed E-state index contributed by atoms with van der Waals surface area (Å²) in [5.41, 5.74) is 1.02. The third-order valence-corrected chi connectivity index (χ3v) is 3.88. The third kappa shape index (κ3) is 3.18. The van der Waals surface area contributed by atoms with E-state index in [4.69, 9.17) is 13.9 Å². The first kappa shape index (κ1) is 16.3. The summed E-state index contributed by atoms with van der Waals surface area (Å²) in [5.74, 6) is -0.740. The lowest BCUT2D eigenvalue weighted by atomic mass is 9.64. The minimum absolute atomic E-state index is 0.0550. The van der Waals surface area contributed by atoms with Gasteiger partial charge in [-0.2, -0.15) is 0 Å². The van der Waals surface area contributed by atoms with Crippen molar-refractivity contribution < 1.29 is 28.5 Å². The number of carbonyl (C=O) groups is 2. The molecule has 0 unspecified atom stereocenters. The molecule has 0 radical (unpaired) electrons. The van der Waals surface area contributed by atoms with Crippen molar-refractivity contribution in [3.63, 3.8) is 0 Å². The van der Waals surface area contributed by atoms with Gasteiger partial charge in [-0.05, 0) is 25.0 Å². The molecule has 1 aliphatic rings. The van der Waals surface area contributed by atoms with Crippen molar-refractivity contribution in [1.82, 2.24) is 5.16 Å². The highest BCUT2D eigenvalue weighted by Crippen LogP contribution is 2.36. The van der Waals surface area contributed by atoms with E-state index in [1.807, 2.05) is 0 Å². The third-order valence-electron chi connectivity index (χ3n) is 3.88. The van der Waals surface area contributed by atoms with E-state index in [0.717, 1.165) is 5.56 Å². The number of hydrogen-bond acceptors (Lipinski definition) is 7. The van der Waals surface area contributed by atoms with Crippen molar-refractivity contribution in [3.8, 4) is 5.75 Å². The van der Waals surface area contributed by atoms with Crippen LogP contribution < -0.4 is 4.65 Å². The van der Waals surface area contributed by atoms with Crippen LogP contribution in [0.3, 0.4) is 0 Å². The zero-order valence-corrected chi connectivity index (χ0v) is 13.1. The van der Waals surface area contributed by atoms with Crippen LogP contribution in [0.1, 0.15) is 39.8 Å². The lowest BCUT2D eigenvalue weighted by Crippen LogP contribution is -2.35. The van der Waals surface area contributed by atoms with Crippen molar-refractivity contribution >= 4 is 18.9 Å². The van der Waals surface area contributed by atoms with E-state index in [-0.39, 0.29) is 30.1 Å². The number of nitrogens with zero attached hydrogens (tertiary/aromatic N) is 1. The molecule has 0 saturated carbocycles. The average Bonchev–Trinajstić information content (AvgIpc) is 3.10. The second-order valence-corrected chi connectivity index (χ2v) is 5.49. The quantitative estimate of drug-likeness (QED) is 0.508. The topological polar surface area (TPSA) is 98.9 Å². The summed E-state index contributed by atoms with van der Waals surface area (Å²) >= 11 is 0. The fraction of sp³-hybridized carbons (Fsp3) is 0.312. The van der Waals surface area contributed by atoms with Crippen LogP contribution in [0.15, 0.2) is 35.0 Å². The Hall–Kier alpha value is -2.61. The highest BCUT2D eigenvalue weighted by atomic mass is 16.5. The predicted octanol–water partition coefficient (Wildman–Crippen LogP) is 1.91. The Kier molecular flexibility index (Phi) is 4.66. The number of aromatic nitrogens is 1. The van der Waals surface area contributed by atoms with Gasteiger partial charge in [0.15, 0.2) is 0 Å². The number of fused-ring (bicyclic) bond motifs is 1. The molecule has 2 aromatic rings. The maximum absolute atomic E-state index is 12.1. The fourth-order valence-corrected chi connectivity index (χ4v) is 2.73. The lowest BCUT2D eigenvalue weighted by molar-refractivity contribution is 0.0523. The molecule has 0 fully saturated rings. The Balaban J connectivity index is 1.79. The SMILES string of the molecule is CCOC(=O)c1cccc2c1OB(O)[C@@H](CC(=O)c1ccno1)C2. The molecule has 8 heteroatoms. The van der Waals surface area contributed by atoms with Gasteiger partial charge in [0.1, 0.15) is 11.3 Å². The van der Waals surface area contributed by atoms with Gasteiger partial charge in [0, 0.05) is 18.3 Å². The summed E-state index contributed by atoms with van der Waals surface area (Å²) < 4.78 is 15.3. The second-order valence-electron chi connectivity index (χ2n) is 5.49. The van der Waals surface area contributed by atoms with E-state index < -0.39 is 18.9 Å². The van der Waals surface area contributed by atoms with Gasteiger partial charge in [-0.15, -0.1) is 0 Å². The van der Waals surface area contributed by atoms with Gasteiger partial charge in [-0.3, -0.25) is 4.79 Å². The molecule has 7 nitrogen and oxygen atoms in total. The smallest absolute Gasteiger partial charge is 0.526 e. The first-order valence-electron chi connectivity index (χ1n) is 7.67. The Bertz CT molecular complexity index is 745. The number of benzene rings is 1. The normalized spacial score (nSPS) is 16.2. The maximum Gasteiger partial charge on any atom is 0.526 e. The zero-order chi connectivity index (χ0) is 17.1. The molecule has 1 aromatic carbocycles. The van der Waals surface area contributed by atoms with E-state index in [0.29, 0.717) is 12.2 Å². The molecule has 1 aromatic heterocycles. The number of ether oxygens (including phenoxy) is 1. The number of ketones is 1. The molecule has 0 saturated heterocycles. The molecule has 124 valence electrons. The van der Waals surface area contributed by atoms with Crippen LogP contribution in [-0.4, -0.2) is 35.7 Å². The van der Waals surface area contributed by atoms with E-state index in [2.05, 4.69) is 5.16 Å². The molecule has 1 aliphatic heterocycles. The molecule has 0 bridgehead atoms. The fourth-order valence-electron chi connectivity index (χ4n) is 2.73. The monoisotopic (exact) mass is 329 g/mol. The Morgan fingerprint density at radius 2 is 2.25 bits per heavy atom. The van der Waals surface area contributed by atoms with Crippen LogP contribution >= 0.6 is 0 Å². The van der Waals surface area contributed by atoms with Crippen molar-refractivity contribution in [2.24, 2.45) is 0 Å². The number of carbonyl (C=O) groups excluding carboxylic acids is 2. The summed E-state index contributed by atoms with van der Waals surface area (Å²) in [7, 11) is -1.19. The van der Waals surface area contributed by atoms with Crippen LogP contribution in [0.4, 0.5) is 0 Å². The molecule has 2 heterocycles. The molecule has 0 amide bonds. The van der Waals surface area contributed by atoms with Gasteiger partial charge in [-0.1, -0.05) is 17.3 Å². The first-order valence-corrected chi connectivity index (χ1v) is 7.67. The predicted molar refractivity (Wildman–Crippen MR) is 83.9 cm³/mol. The highest BCUT2D eigenvalue weighted by molar-refractivity contribution is 6.47. The molecule has 0 spiro atoms. The van der Waals surface area contributed by atoms with Crippen LogP contribution in [0, 0.1) is 0 Å². The molecular formula is C16H16BNO6. The minimum Gasteiger partial charge on any atom is -0.535 e. The van der Waals surface area contributed by atoms with E-state index >= 15 is 0 Å². The summed E-state index contributed by atoms with van der Waals surface area (Å²) in [4.78, 5) is 24.1. The van der Waals surface area contributed by atoms with Gasteiger partial charge < -0.3 is 18.9 Å². The Morgan fingerprint density at radius 1 is 1.42 bits per heavy atom. The molecule has 24 heavy (non-hydrogen) atoms. The average molecular weight is 329 g/mol. The summed E-state index contributed by atoms with van der Waals surface area (Å²) in [6, 6.07) is 6.59. The van der Waals surface area contributed by atoms with Crippen molar-refractivity contribution in [2.75, 3.05) is 6.61 Å². The van der Waals surface area contributed by atoms with Crippen LogP contribution in [-0.2, 0) is 11.2 Å². The highest BCUT2D eigenvalue weighted by Gasteiger charge is 2.38. The molecule has 3 rings (SSSR count). The van der Waals surface area contributed by atoms with Gasteiger partial charge in [-0.25, -0.2) is 4.79 Å². The van der Waals surface area contributed by atoms with E-state index in [9.17, 15) is 14.6 Å². The zero-order valence-electron chi connectivity index (χ0n) is 13.1. The minimum atomic E-state index is -1.19. The largest absolute Gasteiger partial charge is 0.535 e. The molecular weight excluding hydrogens is 313 g/mol. The standard InChI is InChI=1S/C16H16BNO6/c1-2-22-16(20)12-5-3-4-10-8-11(17(21)23-15(10)12)9-13(19)14-6-7-18-24-14/h3-7,11,21H,2,8-9H2,1H3/t11-/m1/s1. The van der Waals surface area contributed by atoms with Gasteiger partial charge >= 0.3 is 13.1 Å². The van der Waals surface area contributed by atoms with E-state index in [1.165, 1.54) is 12.3 Å². The Morgan fingerprint density at radius 3 is 2.96 bits per heavy atom. The first-order chi connectivity index (χ1) is 11.6. The van der Waals surface area contributed by atoms with Crippen LogP contribution in [0.25, 0.3) is 0 Å². The second kappa shape index (κ2) is 6.88. The number of Topliss-reactive ketones (excluding diaryl/α,β-unsaturated/α-hetero) is 1. The van der Waals surface area contributed by atoms with Crippen LogP contribution in [0.2, 0.25) is 5.82 Å².